The first-order chi connectivity index (χ1) is 25.1. The number of hydrogen-bond donors (Lipinski definition) is 0. The Morgan fingerprint density at radius 3 is 1.22 bits per heavy atom. The van der Waals surface area contributed by atoms with Gasteiger partial charge in [0.15, 0.2) is 0 Å². The van der Waals surface area contributed by atoms with Crippen molar-refractivity contribution in [3.05, 3.63) is 175 Å². The molecule has 0 aliphatic heterocycles. The molecule has 5 aromatic carbocycles. The lowest BCUT2D eigenvalue weighted by molar-refractivity contribution is -0.256. The molecule has 0 spiro atoms. The molecule has 0 bridgehead atoms. The van der Waals surface area contributed by atoms with Gasteiger partial charge < -0.3 is 49.5 Å². The van der Waals surface area contributed by atoms with Crippen molar-refractivity contribution in [2.75, 3.05) is 0 Å². The third-order valence-corrected chi connectivity index (χ3v) is 7.89. The van der Waals surface area contributed by atoms with Crippen molar-refractivity contribution in [2.24, 2.45) is 0 Å². The van der Waals surface area contributed by atoms with Crippen LogP contribution in [0.2, 0.25) is 0 Å². The Morgan fingerprint density at radius 1 is 0.333 bits per heavy atom. The standard InChI is InChI=1S/4C9H10O2.C8H8O2/c1-6-3-7(2)5-8(4-6)9(10)11;1-6-3-4-8(9(10)11)5-7(6)2;1-6-3-4-7(2)8(5-6)9(10)11;1-6-4-3-5-8(7(6)2)9(10)11;1-6-3-2-4-7(5-6)8(9)10/h4*3-5H,1-2H3,(H,10,11);2-5H,1H3,(H,9,10)/p-5. The van der Waals surface area contributed by atoms with Crippen LogP contribution >= 0.6 is 0 Å². The van der Waals surface area contributed by atoms with Gasteiger partial charge in [-0.3, -0.25) is 0 Å². The van der Waals surface area contributed by atoms with Gasteiger partial charge >= 0.3 is 0 Å². The van der Waals surface area contributed by atoms with Crippen LogP contribution in [0.25, 0.3) is 0 Å². The molecule has 0 aliphatic rings. The fourth-order valence-electron chi connectivity index (χ4n) is 4.66. The maximum atomic E-state index is 10.5. The van der Waals surface area contributed by atoms with Gasteiger partial charge in [-0.1, -0.05) is 107 Å². The van der Waals surface area contributed by atoms with Gasteiger partial charge in [0.1, 0.15) is 0 Å². The zero-order valence-electron chi connectivity index (χ0n) is 31.8. The second-order valence-electron chi connectivity index (χ2n) is 12.5. The van der Waals surface area contributed by atoms with E-state index in [2.05, 4.69) is 0 Å². The third-order valence-electron chi connectivity index (χ3n) is 7.89. The summed E-state index contributed by atoms with van der Waals surface area (Å²) in [5.41, 5.74) is 9.65. The Bertz CT molecular complexity index is 2080. The Balaban J connectivity index is 0.000000338. The maximum absolute atomic E-state index is 10.5. The monoisotopic (exact) mass is 731 g/mol. The van der Waals surface area contributed by atoms with E-state index in [1.54, 1.807) is 80.6 Å². The first-order valence-electron chi connectivity index (χ1n) is 16.6. The van der Waals surface area contributed by atoms with Crippen LogP contribution in [0.15, 0.2) is 97.1 Å². The summed E-state index contributed by atoms with van der Waals surface area (Å²) in [6.07, 6.45) is 0. The van der Waals surface area contributed by atoms with E-state index >= 15 is 0 Å². The van der Waals surface area contributed by atoms with Gasteiger partial charge in [-0.25, -0.2) is 0 Å². The van der Waals surface area contributed by atoms with E-state index in [9.17, 15) is 49.5 Å². The molecule has 54 heavy (non-hydrogen) atoms. The summed E-state index contributed by atoms with van der Waals surface area (Å²) in [7, 11) is 0. The highest BCUT2D eigenvalue weighted by atomic mass is 16.4. The molecular weight excluding hydrogens is 688 g/mol. The average Bonchev–Trinajstić information content (AvgIpc) is 3.08. The molecule has 0 N–H and O–H groups in total. The van der Waals surface area contributed by atoms with Crippen LogP contribution in [0.5, 0.6) is 0 Å². The highest BCUT2D eigenvalue weighted by Gasteiger charge is 2.00. The highest BCUT2D eigenvalue weighted by molar-refractivity contribution is 5.89. The van der Waals surface area contributed by atoms with Gasteiger partial charge in [0, 0.05) is 11.1 Å². The fraction of sp³-hybridized carbons (Fsp3) is 0.205. The predicted molar refractivity (Wildman–Crippen MR) is 196 cm³/mol. The number of hydrogen-bond acceptors (Lipinski definition) is 10. The lowest BCUT2D eigenvalue weighted by Gasteiger charge is -2.07. The number of carboxylic acid groups (broad SMARTS) is 5. The zero-order chi connectivity index (χ0) is 41.3. The molecule has 5 aromatic rings. The van der Waals surface area contributed by atoms with Crippen LogP contribution in [-0.4, -0.2) is 29.8 Å². The summed E-state index contributed by atoms with van der Waals surface area (Å²) in [5.74, 6) is -5.56. The number of aryl methyl sites for hydroxylation is 8. The largest absolute Gasteiger partial charge is 0.545 e. The number of carboxylic acids is 5. The second-order valence-corrected chi connectivity index (χ2v) is 12.5. The van der Waals surface area contributed by atoms with Gasteiger partial charge in [0.25, 0.3) is 0 Å². The first-order valence-corrected chi connectivity index (χ1v) is 16.6. The minimum absolute atomic E-state index is 0.236. The van der Waals surface area contributed by atoms with Gasteiger partial charge in [-0.15, -0.1) is 0 Å². The number of carbonyl (C=O) groups excluding carboxylic acids is 5. The molecule has 0 aromatic heterocycles. The van der Waals surface area contributed by atoms with Gasteiger partial charge in [-0.05, 0) is 119 Å². The summed E-state index contributed by atoms with van der Waals surface area (Å²) in [6, 6.07) is 27.1. The van der Waals surface area contributed by atoms with E-state index in [4.69, 9.17) is 0 Å². The van der Waals surface area contributed by atoms with Crippen molar-refractivity contribution >= 4 is 29.8 Å². The Labute approximate surface area is 316 Å². The number of rotatable bonds is 5. The van der Waals surface area contributed by atoms with Gasteiger partial charge in [-0.2, -0.15) is 0 Å². The smallest absolute Gasteiger partial charge is 0.0718 e. The zero-order valence-corrected chi connectivity index (χ0v) is 31.8. The van der Waals surface area contributed by atoms with Crippen LogP contribution < -0.4 is 25.5 Å². The normalized spacial score (nSPS) is 9.57. The molecular formula is C44H43O10-5. The van der Waals surface area contributed by atoms with Crippen molar-refractivity contribution in [2.45, 2.75) is 62.3 Å². The summed E-state index contributed by atoms with van der Waals surface area (Å²) < 4.78 is 0. The van der Waals surface area contributed by atoms with Crippen LogP contribution in [0.1, 0.15) is 102 Å². The molecule has 0 amide bonds. The fourth-order valence-corrected chi connectivity index (χ4v) is 4.66. The molecule has 0 aliphatic carbocycles. The van der Waals surface area contributed by atoms with Crippen LogP contribution in [0.3, 0.4) is 0 Å². The average molecular weight is 732 g/mol. The van der Waals surface area contributed by atoms with E-state index in [1.807, 2.05) is 72.7 Å². The quantitative estimate of drug-likeness (QED) is 0.259. The van der Waals surface area contributed by atoms with Crippen molar-refractivity contribution in [1.82, 2.24) is 0 Å². The molecule has 0 unspecified atom stereocenters. The van der Waals surface area contributed by atoms with E-state index in [0.29, 0.717) is 0 Å². The molecule has 0 atom stereocenters. The molecule has 0 saturated heterocycles. The summed E-state index contributed by atoms with van der Waals surface area (Å²) in [4.78, 5) is 51.9. The SMILES string of the molecule is Cc1cc(C)cc(C(=O)[O-])c1.Cc1ccc(C(=O)[O-])cc1C.Cc1ccc(C)c(C(=O)[O-])c1.Cc1cccc(C(=O)[O-])c1.Cc1cccc(C(=O)[O-])c1C. The molecule has 10 nitrogen and oxygen atoms in total. The van der Waals surface area contributed by atoms with E-state index in [0.717, 1.165) is 50.1 Å². The second kappa shape index (κ2) is 21.7. The molecule has 0 heterocycles. The lowest BCUT2D eigenvalue weighted by Crippen LogP contribution is -2.23. The van der Waals surface area contributed by atoms with Crippen molar-refractivity contribution in [3.63, 3.8) is 0 Å². The summed E-state index contributed by atoms with van der Waals surface area (Å²) in [6.45, 7) is 16.6. The Kier molecular flexibility index (Phi) is 18.3. The Morgan fingerprint density at radius 2 is 0.796 bits per heavy atom. The minimum atomic E-state index is -1.12. The Hall–Kier alpha value is -6.55. The van der Waals surface area contributed by atoms with E-state index in [-0.39, 0.29) is 27.8 Å². The summed E-state index contributed by atoms with van der Waals surface area (Å²) in [5, 5.41) is 51.9. The molecule has 10 heteroatoms. The highest BCUT2D eigenvalue weighted by Crippen LogP contribution is 2.12. The number of carbonyl (C=O) groups is 5. The molecule has 0 fully saturated rings. The predicted octanol–water partition coefficient (Wildman–Crippen LogP) is 3.03. The minimum Gasteiger partial charge on any atom is -0.545 e. The topological polar surface area (TPSA) is 201 Å². The van der Waals surface area contributed by atoms with Gasteiger partial charge in [0.2, 0.25) is 0 Å². The maximum Gasteiger partial charge on any atom is 0.0718 e. The molecule has 0 saturated carbocycles. The van der Waals surface area contributed by atoms with Crippen LogP contribution in [0.4, 0.5) is 0 Å². The molecule has 284 valence electrons. The number of benzene rings is 5. The van der Waals surface area contributed by atoms with Gasteiger partial charge in [0.05, 0.1) is 29.8 Å². The van der Waals surface area contributed by atoms with Crippen molar-refractivity contribution in [1.29, 1.82) is 0 Å². The third kappa shape index (κ3) is 15.8. The van der Waals surface area contributed by atoms with Crippen molar-refractivity contribution < 1.29 is 49.5 Å². The molecule has 0 radical (unpaired) electrons. The van der Waals surface area contributed by atoms with E-state index < -0.39 is 29.8 Å². The van der Waals surface area contributed by atoms with Crippen molar-refractivity contribution in [3.8, 4) is 0 Å². The first kappa shape index (κ1) is 45.5. The number of aromatic carboxylic acids is 5. The van der Waals surface area contributed by atoms with E-state index in [1.165, 1.54) is 6.07 Å². The lowest BCUT2D eigenvalue weighted by atomic mass is 10.0. The van der Waals surface area contributed by atoms with Crippen LogP contribution in [-0.2, 0) is 0 Å². The summed E-state index contributed by atoms with van der Waals surface area (Å²) >= 11 is 0. The molecule has 5 rings (SSSR count). The van der Waals surface area contributed by atoms with Crippen LogP contribution in [0, 0.1) is 62.3 Å².